The summed E-state index contributed by atoms with van der Waals surface area (Å²) in [6.07, 6.45) is 4.13. The first kappa shape index (κ1) is 13.4. The average Bonchev–Trinajstić information content (AvgIpc) is 2.70. The fraction of sp³-hybridized carbons (Fsp3) is 1.00. The molecule has 17 heavy (non-hydrogen) atoms. The predicted molar refractivity (Wildman–Crippen MR) is 74.2 cm³/mol. The molecule has 0 aromatic carbocycles. The van der Waals surface area contributed by atoms with E-state index in [1.165, 1.54) is 45.4 Å². The SMILES string of the molecule is CC(C)C1CCN(CC2NCCCC2(C)C)C1. The molecular weight excluding hydrogens is 208 g/mol. The first-order chi connectivity index (χ1) is 7.99. The lowest BCUT2D eigenvalue weighted by Crippen LogP contribution is -2.52. The van der Waals surface area contributed by atoms with Crippen LogP contribution in [0.5, 0.6) is 0 Å². The van der Waals surface area contributed by atoms with Crippen molar-refractivity contribution >= 4 is 0 Å². The van der Waals surface area contributed by atoms with Crippen LogP contribution in [0.4, 0.5) is 0 Å². The van der Waals surface area contributed by atoms with E-state index < -0.39 is 0 Å². The third kappa shape index (κ3) is 3.23. The van der Waals surface area contributed by atoms with Gasteiger partial charge in [0.2, 0.25) is 0 Å². The van der Waals surface area contributed by atoms with Gasteiger partial charge in [-0.3, -0.25) is 0 Å². The molecule has 2 heterocycles. The number of rotatable bonds is 3. The minimum atomic E-state index is 0.480. The topological polar surface area (TPSA) is 15.3 Å². The highest BCUT2D eigenvalue weighted by atomic mass is 15.2. The minimum absolute atomic E-state index is 0.480. The first-order valence-corrected chi connectivity index (χ1v) is 7.45. The molecule has 0 bridgehead atoms. The molecule has 0 saturated carbocycles. The van der Waals surface area contributed by atoms with Crippen molar-refractivity contribution in [2.45, 2.75) is 53.0 Å². The number of nitrogens with zero attached hydrogens (tertiary/aromatic N) is 1. The molecule has 100 valence electrons. The number of hydrogen-bond acceptors (Lipinski definition) is 2. The average molecular weight is 238 g/mol. The fourth-order valence-corrected chi connectivity index (χ4v) is 3.41. The number of likely N-dealkylation sites (tertiary alicyclic amines) is 1. The van der Waals surface area contributed by atoms with Gasteiger partial charge in [0.05, 0.1) is 0 Å². The van der Waals surface area contributed by atoms with E-state index in [-0.39, 0.29) is 0 Å². The minimum Gasteiger partial charge on any atom is -0.312 e. The van der Waals surface area contributed by atoms with E-state index in [2.05, 4.69) is 37.9 Å². The van der Waals surface area contributed by atoms with Gasteiger partial charge in [0.15, 0.2) is 0 Å². The van der Waals surface area contributed by atoms with Crippen LogP contribution in [0.1, 0.15) is 47.0 Å². The predicted octanol–water partition coefficient (Wildman–Crippen LogP) is 2.74. The molecule has 2 heteroatoms. The largest absolute Gasteiger partial charge is 0.312 e. The monoisotopic (exact) mass is 238 g/mol. The van der Waals surface area contributed by atoms with E-state index in [0.29, 0.717) is 11.5 Å². The van der Waals surface area contributed by atoms with Crippen LogP contribution in [0.15, 0.2) is 0 Å². The number of hydrogen-bond donors (Lipinski definition) is 1. The molecule has 2 aliphatic heterocycles. The summed E-state index contributed by atoms with van der Waals surface area (Å²) in [6, 6.07) is 0.696. The molecule has 1 N–H and O–H groups in total. The zero-order valence-electron chi connectivity index (χ0n) is 12.1. The van der Waals surface area contributed by atoms with Crippen LogP contribution < -0.4 is 5.32 Å². The summed E-state index contributed by atoms with van der Waals surface area (Å²) in [5.74, 6) is 1.79. The molecular formula is C15H30N2. The lowest BCUT2D eigenvalue weighted by atomic mass is 9.77. The molecule has 2 unspecified atom stereocenters. The van der Waals surface area contributed by atoms with Gasteiger partial charge < -0.3 is 10.2 Å². The van der Waals surface area contributed by atoms with Gasteiger partial charge in [-0.05, 0) is 49.6 Å². The molecule has 0 amide bonds. The highest BCUT2D eigenvalue weighted by molar-refractivity contribution is 4.91. The Morgan fingerprint density at radius 2 is 2.12 bits per heavy atom. The van der Waals surface area contributed by atoms with E-state index in [9.17, 15) is 0 Å². The van der Waals surface area contributed by atoms with Crippen molar-refractivity contribution in [3.8, 4) is 0 Å². The molecule has 2 fully saturated rings. The maximum Gasteiger partial charge on any atom is 0.0246 e. The zero-order chi connectivity index (χ0) is 12.5. The summed E-state index contributed by atoms with van der Waals surface area (Å²) in [5, 5.41) is 3.74. The number of nitrogens with one attached hydrogen (secondary N) is 1. The van der Waals surface area contributed by atoms with Crippen LogP contribution in [0.2, 0.25) is 0 Å². The maximum absolute atomic E-state index is 3.74. The van der Waals surface area contributed by atoms with Crippen molar-refractivity contribution in [2.24, 2.45) is 17.3 Å². The molecule has 0 spiro atoms. The molecule has 0 aromatic rings. The second-order valence-corrected chi connectivity index (χ2v) is 7.15. The normalized spacial score (nSPS) is 34.4. The van der Waals surface area contributed by atoms with Gasteiger partial charge in [-0.1, -0.05) is 27.7 Å². The lowest BCUT2D eigenvalue weighted by Gasteiger charge is -2.41. The van der Waals surface area contributed by atoms with Gasteiger partial charge in [0, 0.05) is 19.1 Å². The Kier molecular flexibility index (Phi) is 4.14. The Morgan fingerprint density at radius 1 is 1.35 bits per heavy atom. The van der Waals surface area contributed by atoms with Gasteiger partial charge in [-0.15, -0.1) is 0 Å². The molecule has 0 aliphatic carbocycles. The Balaban J connectivity index is 1.85. The summed E-state index contributed by atoms with van der Waals surface area (Å²) in [5.41, 5.74) is 0.480. The summed E-state index contributed by atoms with van der Waals surface area (Å²) in [6.45, 7) is 14.7. The van der Waals surface area contributed by atoms with Crippen molar-refractivity contribution in [2.75, 3.05) is 26.2 Å². The molecule has 2 saturated heterocycles. The van der Waals surface area contributed by atoms with Gasteiger partial charge in [-0.2, -0.15) is 0 Å². The van der Waals surface area contributed by atoms with Gasteiger partial charge in [-0.25, -0.2) is 0 Å². The standard InChI is InChI=1S/C15H30N2/c1-12(2)13-6-9-17(10-13)11-14-15(3,4)7-5-8-16-14/h12-14,16H,5-11H2,1-4H3. The Morgan fingerprint density at radius 3 is 2.71 bits per heavy atom. The third-order valence-corrected chi connectivity index (χ3v) is 5.02. The first-order valence-electron chi connectivity index (χ1n) is 7.45. The summed E-state index contributed by atoms with van der Waals surface area (Å²) < 4.78 is 0. The van der Waals surface area contributed by atoms with Gasteiger partial charge in [0.25, 0.3) is 0 Å². The Labute approximate surface area is 107 Å². The van der Waals surface area contributed by atoms with Crippen molar-refractivity contribution in [1.29, 1.82) is 0 Å². The van der Waals surface area contributed by atoms with E-state index in [4.69, 9.17) is 0 Å². The summed E-state index contributed by atoms with van der Waals surface area (Å²) in [7, 11) is 0. The van der Waals surface area contributed by atoms with Crippen LogP contribution in [0, 0.1) is 17.3 Å². The fourth-order valence-electron chi connectivity index (χ4n) is 3.41. The molecule has 2 aliphatic rings. The van der Waals surface area contributed by atoms with Crippen LogP contribution in [-0.2, 0) is 0 Å². The Bertz CT molecular complexity index is 247. The highest BCUT2D eigenvalue weighted by Gasteiger charge is 2.35. The van der Waals surface area contributed by atoms with Crippen LogP contribution in [0.3, 0.4) is 0 Å². The smallest absolute Gasteiger partial charge is 0.0246 e. The second kappa shape index (κ2) is 5.27. The highest BCUT2D eigenvalue weighted by Crippen LogP contribution is 2.32. The summed E-state index contributed by atoms with van der Waals surface area (Å²) in [4.78, 5) is 2.69. The van der Waals surface area contributed by atoms with Gasteiger partial charge in [0.1, 0.15) is 0 Å². The zero-order valence-corrected chi connectivity index (χ0v) is 12.1. The van der Waals surface area contributed by atoms with E-state index >= 15 is 0 Å². The number of piperidine rings is 1. The van der Waals surface area contributed by atoms with Crippen LogP contribution >= 0.6 is 0 Å². The van der Waals surface area contributed by atoms with E-state index in [1.54, 1.807) is 0 Å². The second-order valence-electron chi connectivity index (χ2n) is 7.15. The Hall–Kier alpha value is -0.0800. The summed E-state index contributed by atoms with van der Waals surface area (Å²) >= 11 is 0. The van der Waals surface area contributed by atoms with Crippen molar-refractivity contribution in [1.82, 2.24) is 10.2 Å². The molecule has 2 nitrogen and oxygen atoms in total. The van der Waals surface area contributed by atoms with Crippen molar-refractivity contribution in [3.05, 3.63) is 0 Å². The maximum atomic E-state index is 3.74. The third-order valence-electron chi connectivity index (χ3n) is 5.02. The van der Waals surface area contributed by atoms with Crippen LogP contribution in [0.25, 0.3) is 0 Å². The van der Waals surface area contributed by atoms with E-state index in [1.807, 2.05) is 0 Å². The molecule has 2 rings (SSSR count). The van der Waals surface area contributed by atoms with Crippen molar-refractivity contribution in [3.63, 3.8) is 0 Å². The van der Waals surface area contributed by atoms with Crippen molar-refractivity contribution < 1.29 is 0 Å². The molecule has 0 radical (unpaired) electrons. The van der Waals surface area contributed by atoms with Crippen LogP contribution in [-0.4, -0.2) is 37.1 Å². The molecule has 0 aromatic heterocycles. The van der Waals surface area contributed by atoms with E-state index in [0.717, 1.165) is 11.8 Å². The quantitative estimate of drug-likeness (QED) is 0.813. The lowest BCUT2D eigenvalue weighted by molar-refractivity contribution is 0.135. The molecule has 2 atom stereocenters. The van der Waals surface area contributed by atoms with Gasteiger partial charge >= 0.3 is 0 Å².